The van der Waals surface area contributed by atoms with E-state index in [9.17, 15) is 18.3 Å². The number of aliphatic carboxylic acids is 1. The normalized spacial score (nSPS) is 11.5. The van der Waals surface area contributed by atoms with Crippen LogP contribution in [0.25, 0.3) is 11.5 Å². The van der Waals surface area contributed by atoms with Gasteiger partial charge in [-0.3, -0.25) is 9.10 Å². The number of nitrogens with zero attached hydrogens (tertiary/aromatic N) is 3. The van der Waals surface area contributed by atoms with Crippen LogP contribution in [0, 0.1) is 13.8 Å². The molecule has 198 valence electrons. The Labute approximate surface area is 222 Å². The number of anilines is 1. The van der Waals surface area contributed by atoms with Crippen LogP contribution in [0.5, 0.6) is 5.75 Å². The number of carboxylic acid groups (broad SMARTS) is 1. The molecule has 0 saturated heterocycles. The Bertz CT molecular complexity index is 1480. The van der Waals surface area contributed by atoms with Gasteiger partial charge in [-0.2, -0.15) is 12.7 Å². The van der Waals surface area contributed by atoms with Crippen LogP contribution < -0.4 is 9.04 Å². The fourth-order valence-electron chi connectivity index (χ4n) is 3.74. The number of carboxylic acids is 1. The molecule has 0 fully saturated rings. The van der Waals surface area contributed by atoms with Gasteiger partial charge in [-0.1, -0.05) is 48.0 Å². The summed E-state index contributed by atoms with van der Waals surface area (Å²) in [5.41, 5.74) is 3.75. The van der Waals surface area contributed by atoms with Gasteiger partial charge in [0.05, 0.1) is 5.69 Å². The van der Waals surface area contributed by atoms with Crippen molar-refractivity contribution in [2.24, 2.45) is 0 Å². The minimum atomic E-state index is -4.10. The molecule has 0 aliphatic carbocycles. The molecular weight excluding hydrogens is 506 g/mol. The van der Waals surface area contributed by atoms with E-state index in [1.165, 1.54) is 7.05 Å². The zero-order valence-electron chi connectivity index (χ0n) is 21.4. The summed E-state index contributed by atoms with van der Waals surface area (Å²) >= 11 is 0. The highest BCUT2D eigenvalue weighted by Crippen LogP contribution is 2.24. The number of aromatic nitrogens is 1. The third-order valence-electron chi connectivity index (χ3n) is 5.95. The number of carbonyl (C=O) groups is 1. The number of benzene rings is 3. The van der Waals surface area contributed by atoms with Crippen molar-refractivity contribution in [1.82, 2.24) is 9.29 Å². The van der Waals surface area contributed by atoms with Gasteiger partial charge in [0, 0.05) is 19.2 Å². The van der Waals surface area contributed by atoms with Gasteiger partial charge in [0.15, 0.2) is 0 Å². The van der Waals surface area contributed by atoms with Gasteiger partial charge in [0.1, 0.15) is 30.4 Å². The molecule has 0 aliphatic rings. The first-order valence-electron chi connectivity index (χ1n) is 11.9. The van der Waals surface area contributed by atoms with Crippen molar-refractivity contribution in [2.45, 2.75) is 27.0 Å². The molecule has 0 bridgehead atoms. The Balaban J connectivity index is 1.43. The first kappa shape index (κ1) is 26.9. The Morgan fingerprint density at radius 1 is 0.974 bits per heavy atom. The third kappa shape index (κ3) is 6.39. The van der Waals surface area contributed by atoms with Crippen LogP contribution in [0.15, 0.2) is 83.3 Å². The topological polar surface area (TPSA) is 113 Å². The molecule has 1 N–H and O–H groups in total. The van der Waals surface area contributed by atoms with Crippen LogP contribution in [0.1, 0.15) is 22.6 Å². The lowest BCUT2D eigenvalue weighted by Crippen LogP contribution is -2.44. The summed E-state index contributed by atoms with van der Waals surface area (Å²) < 4.78 is 40.1. The smallest absolute Gasteiger partial charge is 0.318 e. The molecule has 3 aromatic carbocycles. The second-order valence-electron chi connectivity index (χ2n) is 8.79. The lowest BCUT2D eigenvalue weighted by Gasteiger charge is -2.27. The summed E-state index contributed by atoms with van der Waals surface area (Å²) in [5.74, 6) is 0.496. The average Bonchev–Trinajstić information content (AvgIpc) is 3.28. The van der Waals surface area contributed by atoms with Crippen molar-refractivity contribution in [1.29, 1.82) is 0 Å². The molecule has 9 nitrogen and oxygen atoms in total. The van der Waals surface area contributed by atoms with Gasteiger partial charge in [-0.15, -0.1) is 0 Å². The molecular formula is C28H29N3O6S. The first-order valence-corrected chi connectivity index (χ1v) is 13.3. The van der Waals surface area contributed by atoms with Crippen LogP contribution >= 0.6 is 0 Å². The molecule has 0 amide bonds. The van der Waals surface area contributed by atoms with Crippen LogP contribution in [0.3, 0.4) is 0 Å². The van der Waals surface area contributed by atoms with Crippen LogP contribution in [0.2, 0.25) is 0 Å². The van der Waals surface area contributed by atoms with Gasteiger partial charge in [0.25, 0.3) is 0 Å². The van der Waals surface area contributed by atoms with Crippen molar-refractivity contribution in [2.75, 3.05) is 17.9 Å². The fraction of sp³-hybridized carbons (Fsp3) is 0.214. The summed E-state index contributed by atoms with van der Waals surface area (Å²) in [7, 11) is -2.70. The lowest BCUT2D eigenvalue weighted by molar-refractivity contribution is -0.137. The molecule has 1 aromatic heterocycles. The average molecular weight is 536 g/mol. The Kier molecular flexibility index (Phi) is 8.13. The zero-order valence-corrected chi connectivity index (χ0v) is 22.2. The van der Waals surface area contributed by atoms with Crippen molar-refractivity contribution < 1.29 is 27.5 Å². The molecule has 10 heteroatoms. The van der Waals surface area contributed by atoms with E-state index >= 15 is 0 Å². The van der Waals surface area contributed by atoms with Crippen molar-refractivity contribution in [3.8, 4) is 17.2 Å². The molecule has 0 aliphatic heterocycles. The summed E-state index contributed by atoms with van der Waals surface area (Å²) in [6, 6.07) is 23.2. The van der Waals surface area contributed by atoms with Gasteiger partial charge >= 0.3 is 16.2 Å². The Morgan fingerprint density at radius 2 is 1.63 bits per heavy atom. The monoisotopic (exact) mass is 535 g/mol. The van der Waals surface area contributed by atoms with E-state index in [1.807, 2.05) is 38.1 Å². The van der Waals surface area contributed by atoms with Gasteiger partial charge in [-0.05, 0) is 55.8 Å². The molecule has 0 spiro atoms. The van der Waals surface area contributed by atoms with E-state index in [4.69, 9.17) is 9.15 Å². The molecule has 4 aromatic rings. The van der Waals surface area contributed by atoms with Crippen molar-refractivity contribution in [3.05, 3.63) is 101 Å². The Morgan fingerprint density at radius 3 is 2.26 bits per heavy atom. The molecule has 1 heterocycles. The predicted octanol–water partition coefficient (Wildman–Crippen LogP) is 4.81. The standard InChI is InChI=1S/C28H29N3O6S/c1-20-9-13-23(14-10-20)28-29-26(21(2)37-28)19-36-25-15-11-22(12-16-25)17-31(18-27(32)33)38(34,35)30(3)24-7-5-4-6-8-24/h4-16H,17-19H2,1-3H3,(H,32,33). The van der Waals surface area contributed by atoms with Crippen molar-refractivity contribution in [3.63, 3.8) is 0 Å². The number of rotatable bonds is 11. The number of ether oxygens (including phenoxy) is 1. The molecule has 0 atom stereocenters. The van der Waals surface area contributed by atoms with Crippen LogP contribution in [-0.2, 0) is 28.2 Å². The summed E-state index contributed by atoms with van der Waals surface area (Å²) in [6.07, 6.45) is 0. The molecule has 4 rings (SSSR count). The number of oxazole rings is 1. The first-order chi connectivity index (χ1) is 18.1. The van der Waals surface area contributed by atoms with Crippen molar-refractivity contribution >= 4 is 21.9 Å². The van der Waals surface area contributed by atoms with E-state index in [-0.39, 0.29) is 13.2 Å². The minimum absolute atomic E-state index is 0.117. The number of hydrogen-bond acceptors (Lipinski definition) is 6. The van der Waals surface area contributed by atoms with E-state index in [0.29, 0.717) is 34.3 Å². The second-order valence-corrected chi connectivity index (χ2v) is 10.8. The van der Waals surface area contributed by atoms with Gasteiger partial charge in [0.2, 0.25) is 5.89 Å². The highest BCUT2D eigenvalue weighted by molar-refractivity contribution is 7.90. The number of hydrogen-bond donors (Lipinski definition) is 1. The zero-order chi connectivity index (χ0) is 27.3. The number of para-hydroxylation sites is 1. The van der Waals surface area contributed by atoms with Crippen LogP contribution in [-0.4, -0.2) is 42.4 Å². The molecule has 38 heavy (non-hydrogen) atoms. The third-order valence-corrected chi connectivity index (χ3v) is 7.77. The minimum Gasteiger partial charge on any atom is -0.487 e. The molecule has 0 saturated carbocycles. The Hall–Kier alpha value is -4.15. The SMILES string of the molecule is Cc1ccc(-c2nc(COc3ccc(CN(CC(=O)O)S(=O)(=O)N(C)c4ccccc4)cc3)c(C)o2)cc1. The predicted molar refractivity (Wildman–Crippen MR) is 144 cm³/mol. The van der Waals surface area contributed by atoms with Gasteiger partial charge in [-0.25, -0.2) is 4.98 Å². The van der Waals surface area contributed by atoms with E-state index < -0.39 is 22.7 Å². The van der Waals surface area contributed by atoms with Crippen LogP contribution in [0.4, 0.5) is 5.69 Å². The highest BCUT2D eigenvalue weighted by Gasteiger charge is 2.29. The van der Waals surface area contributed by atoms with Gasteiger partial charge < -0.3 is 14.3 Å². The maximum Gasteiger partial charge on any atom is 0.318 e. The highest BCUT2D eigenvalue weighted by atomic mass is 32.2. The fourth-order valence-corrected chi connectivity index (χ4v) is 5.06. The van der Waals surface area contributed by atoms with E-state index in [2.05, 4.69) is 4.98 Å². The summed E-state index contributed by atoms with van der Waals surface area (Å²) in [4.78, 5) is 16.0. The maximum atomic E-state index is 13.2. The lowest BCUT2D eigenvalue weighted by atomic mass is 10.1. The summed E-state index contributed by atoms with van der Waals surface area (Å²) in [6.45, 7) is 3.25. The number of aryl methyl sites for hydroxylation is 2. The van der Waals surface area contributed by atoms with E-state index in [1.54, 1.807) is 54.6 Å². The summed E-state index contributed by atoms with van der Waals surface area (Å²) in [5, 5.41) is 9.35. The van der Waals surface area contributed by atoms with E-state index in [0.717, 1.165) is 19.7 Å². The maximum absolute atomic E-state index is 13.2. The quantitative estimate of drug-likeness (QED) is 0.293. The molecule has 0 radical (unpaired) electrons. The largest absolute Gasteiger partial charge is 0.487 e. The molecule has 0 unspecified atom stereocenters. The second kappa shape index (κ2) is 11.5.